The van der Waals surface area contributed by atoms with E-state index in [-0.39, 0.29) is 0 Å². The summed E-state index contributed by atoms with van der Waals surface area (Å²) in [7, 11) is 0. The fourth-order valence-electron chi connectivity index (χ4n) is 4.11. The van der Waals surface area contributed by atoms with E-state index in [1.807, 2.05) is 6.07 Å². The van der Waals surface area contributed by atoms with Crippen molar-refractivity contribution >= 4 is 22.1 Å². The standard InChI is InChI=1S/C27H22O/c1-27(2)24-18-22-16-10-9-15-21(22)17-23(24)25(19-11-5-3-6-12-19)26(28-27)20-13-7-4-8-14-20/h3-18H,1-2H3. The Morgan fingerprint density at radius 1 is 0.607 bits per heavy atom. The normalized spacial score (nSPS) is 15.2. The first kappa shape index (κ1) is 16.8. The van der Waals surface area contributed by atoms with Crippen LogP contribution in [-0.4, -0.2) is 0 Å². The molecule has 0 aromatic heterocycles. The number of benzene rings is 4. The van der Waals surface area contributed by atoms with E-state index in [9.17, 15) is 0 Å². The monoisotopic (exact) mass is 362 g/mol. The molecule has 0 bridgehead atoms. The van der Waals surface area contributed by atoms with Gasteiger partial charge in [0.15, 0.2) is 0 Å². The molecular weight excluding hydrogens is 340 g/mol. The van der Waals surface area contributed by atoms with Crippen molar-refractivity contribution in [2.75, 3.05) is 0 Å². The third-order valence-corrected chi connectivity index (χ3v) is 5.49. The lowest BCUT2D eigenvalue weighted by Crippen LogP contribution is -2.27. The number of rotatable bonds is 2. The summed E-state index contributed by atoms with van der Waals surface area (Å²) in [6, 6.07) is 34.1. The second-order valence-electron chi connectivity index (χ2n) is 7.79. The summed E-state index contributed by atoms with van der Waals surface area (Å²) in [5, 5.41) is 2.49. The molecule has 0 amide bonds. The summed E-state index contributed by atoms with van der Waals surface area (Å²) >= 11 is 0. The topological polar surface area (TPSA) is 9.23 Å². The van der Waals surface area contributed by atoms with Crippen molar-refractivity contribution in [1.82, 2.24) is 0 Å². The van der Waals surface area contributed by atoms with E-state index in [4.69, 9.17) is 4.74 Å². The number of fused-ring (bicyclic) bond motifs is 2. The molecule has 5 rings (SSSR count). The third-order valence-electron chi connectivity index (χ3n) is 5.49. The van der Waals surface area contributed by atoms with Crippen molar-refractivity contribution in [3.8, 4) is 0 Å². The average Bonchev–Trinajstić information content (AvgIpc) is 2.73. The number of hydrogen-bond donors (Lipinski definition) is 0. The molecule has 1 heterocycles. The van der Waals surface area contributed by atoms with Crippen LogP contribution in [0.3, 0.4) is 0 Å². The Balaban J connectivity index is 1.89. The molecule has 1 heteroatoms. The van der Waals surface area contributed by atoms with Crippen molar-refractivity contribution in [2.24, 2.45) is 0 Å². The van der Waals surface area contributed by atoms with E-state index in [1.54, 1.807) is 0 Å². The molecule has 0 spiro atoms. The van der Waals surface area contributed by atoms with Crippen molar-refractivity contribution in [3.63, 3.8) is 0 Å². The lowest BCUT2D eigenvalue weighted by atomic mass is 9.81. The average molecular weight is 362 g/mol. The van der Waals surface area contributed by atoms with Gasteiger partial charge in [0, 0.05) is 16.7 Å². The molecule has 0 fully saturated rings. The molecule has 4 aromatic rings. The van der Waals surface area contributed by atoms with Crippen LogP contribution in [0.4, 0.5) is 0 Å². The van der Waals surface area contributed by atoms with Crippen molar-refractivity contribution in [3.05, 3.63) is 119 Å². The summed E-state index contributed by atoms with van der Waals surface area (Å²) in [5.41, 5.74) is 5.50. The van der Waals surface area contributed by atoms with Gasteiger partial charge in [-0.3, -0.25) is 0 Å². The number of ether oxygens (including phenoxy) is 1. The second kappa shape index (κ2) is 6.38. The van der Waals surface area contributed by atoms with E-state index in [2.05, 4.69) is 105 Å². The first-order chi connectivity index (χ1) is 13.6. The summed E-state index contributed by atoms with van der Waals surface area (Å²) < 4.78 is 6.68. The predicted octanol–water partition coefficient (Wildman–Crippen LogP) is 7.02. The summed E-state index contributed by atoms with van der Waals surface area (Å²) in [6.45, 7) is 4.32. The minimum atomic E-state index is -0.414. The molecule has 4 aromatic carbocycles. The van der Waals surface area contributed by atoms with Gasteiger partial charge in [-0.15, -0.1) is 0 Å². The van der Waals surface area contributed by atoms with Crippen LogP contribution in [-0.2, 0) is 10.3 Å². The van der Waals surface area contributed by atoms with Crippen LogP contribution in [0.5, 0.6) is 0 Å². The Hall–Kier alpha value is -3.32. The Kier molecular flexibility index (Phi) is 3.84. The third kappa shape index (κ3) is 2.71. The van der Waals surface area contributed by atoms with Gasteiger partial charge in [0.1, 0.15) is 11.4 Å². The van der Waals surface area contributed by atoms with E-state index in [0.29, 0.717) is 0 Å². The highest BCUT2D eigenvalue weighted by Gasteiger charge is 2.35. The zero-order valence-corrected chi connectivity index (χ0v) is 16.1. The molecule has 1 aliphatic heterocycles. The molecule has 28 heavy (non-hydrogen) atoms. The Morgan fingerprint density at radius 3 is 1.79 bits per heavy atom. The molecule has 0 aliphatic carbocycles. The maximum Gasteiger partial charge on any atom is 0.136 e. The van der Waals surface area contributed by atoms with Crippen LogP contribution in [0.2, 0.25) is 0 Å². The van der Waals surface area contributed by atoms with Crippen molar-refractivity contribution < 1.29 is 4.74 Å². The highest BCUT2D eigenvalue weighted by atomic mass is 16.5. The van der Waals surface area contributed by atoms with Crippen LogP contribution in [0.15, 0.2) is 97.1 Å². The first-order valence-corrected chi connectivity index (χ1v) is 9.71. The highest BCUT2D eigenvalue weighted by Crippen LogP contribution is 2.47. The molecule has 0 unspecified atom stereocenters. The Bertz CT molecular complexity index is 1180. The second-order valence-corrected chi connectivity index (χ2v) is 7.79. The molecule has 0 N–H and O–H groups in total. The Labute approximate surface area is 165 Å². The van der Waals surface area contributed by atoms with Gasteiger partial charge in [0.05, 0.1) is 0 Å². The van der Waals surface area contributed by atoms with Crippen LogP contribution in [0.25, 0.3) is 22.1 Å². The summed E-state index contributed by atoms with van der Waals surface area (Å²) in [6.07, 6.45) is 0. The lowest BCUT2D eigenvalue weighted by Gasteiger charge is -2.37. The molecule has 0 saturated heterocycles. The van der Waals surface area contributed by atoms with Crippen LogP contribution < -0.4 is 0 Å². The summed E-state index contributed by atoms with van der Waals surface area (Å²) in [4.78, 5) is 0. The quantitative estimate of drug-likeness (QED) is 0.372. The van der Waals surface area contributed by atoms with Gasteiger partial charge in [0.2, 0.25) is 0 Å². The van der Waals surface area contributed by atoms with Gasteiger partial charge in [-0.25, -0.2) is 0 Å². The largest absolute Gasteiger partial charge is 0.482 e. The van der Waals surface area contributed by atoms with Crippen LogP contribution >= 0.6 is 0 Å². The van der Waals surface area contributed by atoms with Gasteiger partial charge < -0.3 is 4.74 Å². The first-order valence-electron chi connectivity index (χ1n) is 9.71. The SMILES string of the molecule is CC1(C)OC(c2ccccc2)=C(c2ccccc2)c2cc3ccccc3cc21. The fraction of sp³-hybridized carbons (Fsp3) is 0.111. The van der Waals surface area contributed by atoms with E-state index < -0.39 is 5.60 Å². The number of hydrogen-bond acceptors (Lipinski definition) is 1. The molecule has 1 aliphatic rings. The van der Waals surface area contributed by atoms with E-state index >= 15 is 0 Å². The maximum atomic E-state index is 6.68. The zero-order valence-electron chi connectivity index (χ0n) is 16.1. The van der Waals surface area contributed by atoms with Crippen molar-refractivity contribution in [2.45, 2.75) is 19.4 Å². The molecule has 0 atom stereocenters. The van der Waals surface area contributed by atoms with Crippen molar-refractivity contribution in [1.29, 1.82) is 0 Å². The van der Waals surface area contributed by atoms with Crippen LogP contribution in [0.1, 0.15) is 36.1 Å². The molecule has 0 radical (unpaired) electrons. The zero-order chi connectivity index (χ0) is 19.1. The maximum absolute atomic E-state index is 6.68. The lowest BCUT2D eigenvalue weighted by molar-refractivity contribution is 0.0723. The minimum Gasteiger partial charge on any atom is -0.482 e. The smallest absolute Gasteiger partial charge is 0.136 e. The Morgan fingerprint density at radius 2 is 1.14 bits per heavy atom. The van der Waals surface area contributed by atoms with Gasteiger partial charge in [0.25, 0.3) is 0 Å². The van der Waals surface area contributed by atoms with E-state index in [0.717, 1.165) is 16.9 Å². The molecule has 1 nitrogen and oxygen atoms in total. The van der Waals surface area contributed by atoms with Gasteiger partial charge in [-0.05, 0) is 47.9 Å². The van der Waals surface area contributed by atoms with Gasteiger partial charge >= 0.3 is 0 Å². The molecule has 0 saturated carbocycles. The van der Waals surface area contributed by atoms with E-state index in [1.165, 1.54) is 27.5 Å². The minimum absolute atomic E-state index is 0.414. The van der Waals surface area contributed by atoms with Gasteiger partial charge in [-0.1, -0.05) is 84.9 Å². The summed E-state index contributed by atoms with van der Waals surface area (Å²) in [5.74, 6) is 0.944. The molecular formula is C27H22O. The predicted molar refractivity (Wildman–Crippen MR) is 117 cm³/mol. The highest BCUT2D eigenvalue weighted by molar-refractivity contribution is 6.01. The molecule has 136 valence electrons. The fourth-order valence-corrected chi connectivity index (χ4v) is 4.11. The van der Waals surface area contributed by atoms with Gasteiger partial charge in [-0.2, -0.15) is 0 Å². The van der Waals surface area contributed by atoms with Crippen LogP contribution in [0, 0.1) is 0 Å².